The number of thioether (sulfide) groups is 1. The first-order chi connectivity index (χ1) is 16.9. The smallest absolute Gasteiger partial charge is 0.283 e. The van der Waals surface area contributed by atoms with Gasteiger partial charge in [0.15, 0.2) is 11.0 Å². The maximum absolute atomic E-state index is 12.9. The van der Waals surface area contributed by atoms with Gasteiger partial charge in [-0.1, -0.05) is 0 Å². The largest absolute Gasteiger partial charge is 0.497 e. The van der Waals surface area contributed by atoms with Gasteiger partial charge in [0.25, 0.3) is 5.91 Å². The summed E-state index contributed by atoms with van der Waals surface area (Å²) in [6.45, 7) is 5.85. The number of fused-ring (bicyclic) bond motifs is 1. The second-order valence-electron chi connectivity index (χ2n) is 8.65. The van der Waals surface area contributed by atoms with Crippen molar-refractivity contribution in [2.45, 2.75) is 33.1 Å². The SMILES string of the molecule is COc1ccc(OC)c(-n2c(C)cc(/C=C3/C(=N)N4N=C(N5CCCCC5)SC4=NC3=O)c2C)c1. The summed E-state index contributed by atoms with van der Waals surface area (Å²) in [6, 6.07) is 7.62. The van der Waals surface area contributed by atoms with Gasteiger partial charge in [-0.15, -0.1) is 5.10 Å². The van der Waals surface area contributed by atoms with Gasteiger partial charge in [0.1, 0.15) is 11.5 Å². The number of hydrazone groups is 1. The Kier molecular flexibility index (Phi) is 6.14. The highest BCUT2D eigenvalue weighted by Crippen LogP contribution is 2.34. The molecule has 0 bridgehead atoms. The molecule has 1 fully saturated rings. The van der Waals surface area contributed by atoms with Gasteiger partial charge >= 0.3 is 0 Å². The van der Waals surface area contributed by atoms with Gasteiger partial charge in [0, 0.05) is 30.5 Å². The molecule has 9 nitrogen and oxygen atoms in total. The number of hydrogen-bond acceptors (Lipinski definition) is 7. The standard InChI is InChI=1S/C25H28N6O3S/c1-15-12-17(16(2)30(15)20-14-18(33-3)8-9-21(20)34-4)13-19-22(26)31-24(27-23(19)32)35-25(28-31)29-10-6-5-7-11-29/h8-9,12-14,26H,5-7,10-11H2,1-4H3/b19-13-,26-22?. The summed E-state index contributed by atoms with van der Waals surface area (Å²) >= 11 is 1.36. The van der Waals surface area contributed by atoms with Gasteiger partial charge in [-0.05, 0) is 74.7 Å². The van der Waals surface area contributed by atoms with Crippen LogP contribution >= 0.6 is 11.8 Å². The molecule has 182 valence electrons. The molecule has 0 unspecified atom stereocenters. The van der Waals surface area contributed by atoms with E-state index in [4.69, 9.17) is 14.9 Å². The molecule has 0 spiro atoms. The molecule has 1 saturated heterocycles. The molecular weight excluding hydrogens is 464 g/mol. The van der Waals surface area contributed by atoms with Crippen molar-refractivity contribution >= 4 is 39.9 Å². The average molecular weight is 493 g/mol. The first kappa shape index (κ1) is 23.2. The first-order valence-electron chi connectivity index (χ1n) is 11.6. The van der Waals surface area contributed by atoms with Crippen molar-refractivity contribution in [1.29, 1.82) is 5.41 Å². The number of ether oxygens (including phenoxy) is 2. The van der Waals surface area contributed by atoms with E-state index in [0.717, 1.165) is 53.7 Å². The summed E-state index contributed by atoms with van der Waals surface area (Å²) in [4.78, 5) is 19.4. The van der Waals surface area contributed by atoms with Crippen molar-refractivity contribution in [3.05, 3.63) is 46.8 Å². The number of hydrogen-bond donors (Lipinski definition) is 1. The Hall–Kier alpha value is -3.53. The number of carbonyl (C=O) groups excluding carboxylic acids is 1. The lowest BCUT2D eigenvalue weighted by Crippen LogP contribution is -2.35. The fourth-order valence-corrected chi connectivity index (χ4v) is 5.57. The Morgan fingerprint density at radius 2 is 1.83 bits per heavy atom. The van der Waals surface area contributed by atoms with Crippen LogP contribution in [0.1, 0.15) is 36.2 Å². The molecule has 0 saturated carbocycles. The molecular formula is C25H28N6O3S. The number of benzene rings is 1. The van der Waals surface area contributed by atoms with Gasteiger partial charge in [-0.2, -0.15) is 10.0 Å². The van der Waals surface area contributed by atoms with Crippen LogP contribution < -0.4 is 9.47 Å². The van der Waals surface area contributed by atoms with Crippen LogP contribution in [-0.4, -0.2) is 63.9 Å². The van der Waals surface area contributed by atoms with E-state index in [0.29, 0.717) is 16.7 Å². The second kappa shape index (κ2) is 9.26. The third-order valence-corrected chi connectivity index (χ3v) is 7.44. The molecule has 1 amide bonds. The Balaban J connectivity index is 1.50. The number of aliphatic imine (C=N–C) groups is 1. The minimum atomic E-state index is -0.424. The van der Waals surface area contributed by atoms with Crippen molar-refractivity contribution in [3.8, 4) is 17.2 Å². The molecule has 1 N–H and O–H groups in total. The molecule has 4 heterocycles. The Bertz CT molecular complexity index is 1300. The van der Waals surface area contributed by atoms with Crippen LogP contribution in [0.4, 0.5) is 0 Å². The normalized spacial score (nSPS) is 19.1. The molecule has 1 aromatic heterocycles. The van der Waals surface area contributed by atoms with Crippen LogP contribution in [0.5, 0.6) is 11.5 Å². The number of amides is 1. The van der Waals surface area contributed by atoms with Gasteiger partial charge in [-0.25, -0.2) is 0 Å². The van der Waals surface area contributed by atoms with Crippen molar-refractivity contribution < 1.29 is 14.3 Å². The topological polar surface area (TPSA) is 95.5 Å². The van der Waals surface area contributed by atoms with Gasteiger partial charge in [-0.3, -0.25) is 10.2 Å². The van der Waals surface area contributed by atoms with Crippen LogP contribution in [0.2, 0.25) is 0 Å². The third-order valence-electron chi connectivity index (χ3n) is 6.47. The zero-order valence-electron chi connectivity index (χ0n) is 20.3. The van der Waals surface area contributed by atoms with E-state index in [9.17, 15) is 4.79 Å². The van der Waals surface area contributed by atoms with Crippen LogP contribution in [0.25, 0.3) is 11.8 Å². The molecule has 3 aliphatic heterocycles. The van der Waals surface area contributed by atoms with Crippen LogP contribution in [0.3, 0.4) is 0 Å². The highest BCUT2D eigenvalue weighted by molar-refractivity contribution is 8.26. The minimum absolute atomic E-state index is 0.0447. The zero-order valence-corrected chi connectivity index (χ0v) is 21.1. The lowest BCUT2D eigenvalue weighted by Gasteiger charge is -2.26. The van der Waals surface area contributed by atoms with Crippen molar-refractivity contribution in [1.82, 2.24) is 14.5 Å². The fourth-order valence-electron chi connectivity index (χ4n) is 4.63. The summed E-state index contributed by atoms with van der Waals surface area (Å²) < 4.78 is 13.1. The molecule has 0 radical (unpaired) electrons. The van der Waals surface area contributed by atoms with E-state index in [1.165, 1.54) is 23.2 Å². The van der Waals surface area contributed by atoms with E-state index in [2.05, 4.69) is 19.6 Å². The van der Waals surface area contributed by atoms with E-state index < -0.39 is 5.91 Å². The summed E-state index contributed by atoms with van der Waals surface area (Å²) in [5.41, 5.74) is 3.75. The van der Waals surface area contributed by atoms with Crippen LogP contribution in [0.15, 0.2) is 39.9 Å². The highest BCUT2D eigenvalue weighted by atomic mass is 32.2. The van der Waals surface area contributed by atoms with E-state index in [1.807, 2.05) is 38.1 Å². The van der Waals surface area contributed by atoms with E-state index in [-0.39, 0.29) is 11.4 Å². The number of aromatic nitrogens is 1. The summed E-state index contributed by atoms with van der Waals surface area (Å²) in [6.07, 6.45) is 5.21. The maximum Gasteiger partial charge on any atom is 0.283 e. The summed E-state index contributed by atoms with van der Waals surface area (Å²) in [5, 5.41) is 16.1. The summed E-state index contributed by atoms with van der Waals surface area (Å²) in [5.74, 6) is 1.04. The highest BCUT2D eigenvalue weighted by Gasteiger charge is 2.37. The molecule has 35 heavy (non-hydrogen) atoms. The fraction of sp³-hybridized carbons (Fsp3) is 0.360. The van der Waals surface area contributed by atoms with E-state index in [1.54, 1.807) is 20.3 Å². The predicted octanol–water partition coefficient (Wildman–Crippen LogP) is 4.17. The molecule has 0 atom stereocenters. The van der Waals surface area contributed by atoms with Crippen molar-refractivity contribution in [3.63, 3.8) is 0 Å². The minimum Gasteiger partial charge on any atom is -0.497 e. The Morgan fingerprint density at radius 3 is 2.54 bits per heavy atom. The maximum atomic E-state index is 12.9. The lowest BCUT2D eigenvalue weighted by molar-refractivity contribution is -0.114. The monoisotopic (exact) mass is 492 g/mol. The molecule has 0 aliphatic carbocycles. The number of nitrogens with one attached hydrogen (secondary N) is 1. The third kappa shape index (κ3) is 4.12. The predicted molar refractivity (Wildman–Crippen MR) is 139 cm³/mol. The quantitative estimate of drug-likeness (QED) is 0.644. The Labute approximate surface area is 208 Å². The molecule has 3 aliphatic rings. The number of methoxy groups -OCH3 is 2. The number of carbonyl (C=O) groups is 1. The van der Waals surface area contributed by atoms with Gasteiger partial charge in [0.2, 0.25) is 5.17 Å². The molecule has 5 rings (SSSR count). The molecule has 10 heteroatoms. The number of nitrogens with zero attached hydrogens (tertiary/aromatic N) is 5. The zero-order chi connectivity index (χ0) is 24.7. The van der Waals surface area contributed by atoms with Crippen LogP contribution in [0, 0.1) is 19.3 Å². The number of piperidine rings is 1. The van der Waals surface area contributed by atoms with Gasteiger partial charge in [0.05, 0.1) is 25.5 Å². The molecule has 2 aromatic rings. The van der Waals surface area contributed by atoms with Gasteiger partial charge < -0.3 is 18.9 Å². The number of aryl methyl sites for hydroxylation is 1. The molecule has 1 aromatic carbocycles. The average Bonchev–Trinajstić information content (AvgIpc) is 3.42. The Morgan fingerprint density at radius 1 is 1.06 bits per heavy atom. The number of likely N-dealkylation sites (tertiary alicyclic amines) is 1. The summed E-state index contributed by atoms with van der Waals surface area (Å²) in [7, 11) is 3.26. The van der Waals surface area contributed by atoms with Crippen LogP contribution in [-0.2, 0) is 4.79 Å². The number of amidine groups is 3. The van der Waals surface area contributed by atoms with E-state index >= 15 is 0 Å². The van der Waals surface area contributed by atoms with Crippen molar-refractivity contribution in [2.24, 2.45) is 10.1 Å². The number of rotatable bonds is 4. The second-order valence-corrected chi connectivity index (χ2v) is 9.58. The first-order valence-corrected chi connectivity index (χ1v) is 12.4. The lowest BCUT2D eigenvalue weighted by atomic mass is 10.1. The van der Waals surface area contributed by atoms with Crippen molar-refractivity contribution in [2.75, 3.05) is 27.3 Å².